The lowest BCUT2D eigenvalue weighted by Gasteiger charge is -2.23. The summed E-state index contributed by atoms with van der Waals surface area (Å²) in [6, 6.07) is 67.5. The minimum Gasteiger partial charge on any atom is -0.256 e. The molecule has 2 heteroatoms. The van der Waals surface area contributed by atoms with E-state index in [-0.39, 0.29) is 10.8 Å². The van der Waals surface area contributed by atoms with E-state index in [2.05, 4.69) is 198 Å². The first-order valence-electron chi connectivity index (χ1n) is 21.7. The molecule has 12 rings (SSSR count). The summed E-state index contributed by atoms with van der Waals surface area (Å²) in [5.41, 5.74) is 21.9. The van der Waals surface area contributed by atoms with E-state index in [1.54, 1.807) is 0 Å². The van der Waals surface area contributed by atoms with E-state index in [4.69, 9.17) is 9.97 Å². The molecule has 62 heavy (non-hydrogen) atoms. The topological polar surface area (TPSA) is 25.8 Å². The molecule has 0 spiro atoms. The SMILES string of the molecule is CC1(C)c2ccccc2-c2ccc(-c3ccc4c(-c5cc(-c6ccccn6)cc(-c6ccccn6)c5)c5ccccc5c(-c5ccc6c(c5)C(C)(C)c5ccccc5-6)c4c3)cc21. The molecular weight excluding hydrogens is 749 g/mol. The predicted molar refractivity (Wildman–Crippen MR) is 259 cm³/mol. The predicted octanol–water partition coefficient (Wildman–Crippen LogP) is 15.7. The van der Waals surface area contributed by atoms with Crippen molar-refractivity contribution in [3.63, 3.8) is 0 Å². The fraction of sp³-hybridized carbons (Fsp3) is 0.100. The molecule has 0 saturated heterocycles. The molecular formula is C60H44N2. The van der Waals surface area contributed by atoms with Gasteiger partial charge >= 0.3 is 0 Å². The smallest absolute Gasteiger partial charge is 0.0702 e. The standard InChI is InChI=1S/C60H44N2/c1-59(2)51-19-9-7-15-43(51)45-26-23-38(35-53(45)59)37-24-28-49-50(34-37)57(39-25-27-46-44-16-8-10-20-52(44)60(3,4)54(46)36-39)47-17-5-6-18-48(47)58(49)42-32-40(55-21-11-13-29-61-55)31-41(33-42)56-22-12-14-30-62-56/h5-36H,1-4H3. The second-order valence-electron chi connectivity index (χ2n) is 18.1. The molecule has 2 heterocycles. The van der Waals surface area contributed by atoms with Crippen molar-refractivity contribution in [1.29, 1.82) is 0 Å². The molecule has 0 N–H and O–H groups in total. The van der Waals surface area contributed by atoms with Gasteiger partial charge in [0.1, 0.15) is 0 Å². The van der Waals surface area contributed by atoms with E-state index >= 15 is 0 Å². The van der Waals surface area contributed by atoms with Gasteiger partial charge in [-0.3, -0.25) is 9.97 Å². The van der Waals surface area contributed by atoms with Gasteiger partial charge in [-0.2, -0.15) is 0 Å². The van der Waals surface area contributed by atoms with Crippen LogP contribution in [0.15, 0.2) is 194 Å². The molecule has 0 saturated carbocycles. The van der Waals surface area contributed by atoms with E-state index < -0.39 is 0 Å². The Morgan fingerprint density at radius 3 is 1.27 bits per heavy atom. The zero-order valence-corrected chi connectivity index (χ0v) is 35.4. The van der Waals surface area contributed by atoms with E-state index in [9.17, 15) is 0 Å². The number of nitrogens with zero attached hydrogens (tertiary/aromatic N) is 2. The minimum atomic E-state index is -0.124. The second kappa shape index (κ2) is 13.5. The van der Waals surface area contributed by atoms with E-state index in [1.165, 1.54) is 93.9 Å². The molecule has 0 amide bonds. The second-order valence-corrected chi connectivity index (χ2v) is 18.1. The summed E-state index contributed by atoms with van der Waals surface area (Å²) in [5, 5.41) is 4.89. The highest BCUT2D eigenvalue weighted by Gasteiger charge is 2.37. The maximum Gasteiger partial charge on any atom is 0.0702 e. The molecule has 0 atom stereocenters. The first-order chi connectivity index (χ1) is 30.3. The molecule has 2 nitrogen and oxygen atoms in total. The molecule has 0 fully saturated rings. The van der Waals surface area contributed by atoms with Crippen molar-refractivity contribution in [1.82, 2.24) is 9.97 Å². The summed E-state index contributed by atoms with van der Waals surface area (Å²) >= 11 is 0. The Kier molecular flexibility index (Phi) is 7.96. The van der Waals surface area contributed by atoms with Gasteiger partial charge in [0.2, 0.25) is 0 Å². The van der Waals surface area contributed by atoms with Crippen LogP contribution >= 0.6 is 0 Å². The normalized spacial score (nSPS) is 14.1. The van der Waals surface area contributed by atoms with Crippen LogP contribution < -0.4 is 0 Å². The first-order valence-corrected chi connectivity index (χ1v) is 21.7. The van der Waals surface area contributed by atoms with Crippen molar-refractivity contribution in [2.75, 3.05) is 0 Å². The first kappa shape index (κ1) is 36.4. The molecule has 8 aromatic carbocycles. The largest absolute Gasteiger partial charge is 0.256 e. The number of aromatic nitrogens is 2. The molecule has 2 aromatic heterocycles. The van der Waals surface area contributed by atoms with Crippen LogP contribution in [0.4, 0.5) is 0 Å². The highest BCUT2D eigenvalue weighted by molar-refractivity contribution is 6.22. The lowest BCUT2D eigenvalue weighted by molar-refractivity contribution is 0.660. The highest BCUT2D eigenvalue weighted by Crippen LogP contribution is 2.53. The molecule has 0 unspecified atom stereocenters. The number of rotatable bonds is 5. The van der Waals surface area contributed by atoms with Crippen LogP contribution in [0.3, 0.4) is 0 Å². The van der Waals surface area contributed by atoms with Crippen LogP contribution in [0.25, 0.3) is 99.7 Å². The zero-order valence-electron chi connectivity index (χ0n) is 35.4. The van der Waals surface area contributed by atoms with Gasteiger partial charge in [0.05, 0.1) is 11.4 Å². The van der Waals surface area contributed by atoms with Crippen LogP contribution in [-0.2, 0) is 10.8 Å². The Morgan fingerprint density at radius 1 is 0.290 bits per heavy atom. The number of benzene rings is 8. The third kappa shape index (κ3) is 5.43. The van der Waals surface area contributed by atoms with Crippen molar-refractivity contribution in [3.05, 3.63) is 217 Å². The molecule has 2 aliphatic carbocycles. The van der Waals surface area contributed by atoms with Crippen molar-refractivity contribution < 1.29 is 0 Å². The average Bonchev–Trinajstić information content (AvgIpc) is 3.69. The van der Waals surface area contributed by atoms with Crippen molar-refractivity contribution in [2.45, 2.75) is 38.5 Å². The Hall–Kier alpha value is -7.42. The number of fused-ring (bicyclic) bond motifs is 8. The maximum atomic E-state index is 4.82. The Morgan fingerprint density at radius 2 is 0.710 bits per heavy atom. The summed E-state index contributed by atoms with van der Waals surface area (Å²) in [6.07, 6.45) is 3.75. The van der Waals surface area contributed by atoms with Gasteiger partial charge in [-0.1, -0.05) is 149 Å². The van der Waals surface area contributed by atoms with E-state index in [1.807, 2.05) is 24.5 Å². The molecule has 2 aliphatic rings. The molecule has 294 valence electrons. The monoisotopic (exact) mass is 792 g/mol. The summed E-state index contributed by atoms with van der Waals surface area (Å²) in [4.78, 5) is 9.65. The van der Waals surface area contributed by atoms with Crippen LogP contribution in [0.1, 0.15) is 49.9 Å². The van der Waals surface area contributed by atoms with Crippen molar-refractivity contribution >= 4 is 21.5 Å². The maximum absolute atomic E-state index is 4.82. The third-order valence-electron chi connectivity index (χ3n) is 14.0. The average molecular weight is 793 g/mol. The summed E-state index contributed by atoms with van der Waals surface area (Å²) in [7, 11) is 0. The molecule has 0 bridgehead atoms. The Bertz CT molecular complexity index is 3390. The van der Waals surface area contributed by atoms with Gasteiger partial charge in [0.15, 0.2) is 0 Å². The van der Waals surface area contributed by atoms with Crippen LogP contribution in [0, 0.1) is 0 Å². The summed E-state index contributed by atoms with van der Waals surface area (Å²) in [6.45, 7) is 9.48. The minimum absolute atomic E-state index is 0.0912. The lowest BCUT2D eigenvalue weighted by atomic mass is 9.80. The van der Waals surface area contributed by atoms with Gasteiger partial charge in [0, 0.05) is 34.4 Å². The van der Waals surface area contributed by atoms with Gasteiger partial charge in [-0.05, 0) is 160 Å². The number of pyridine rings is 2. The van der Waals surface area contributed by atoms with Gasteiger partial charge in [-0.15, -0.1) is 0 Å². The van der Waals surface area contributed by atoms with Crippen molar-refractivity contribution in [3.8, 4) is 78.1 Å². The zero-order chi connectivity index (χ0) is 41.7. The van der Waals surface area contributed by atoms with Crippen LogP contribution in [-0.4, -0.2) is 9.97 Å². The van der Waals surface area contributed by atoms with Crippen molar-refractivity contribution in [2.24, 2.45) is 0 Å². The lowest BCUT2D eigenvalue weighted by Crippen LogP contribution is -2.14. The summed E-state index contributed by atoms with van der Waals surface area (Å²) in [5.74, 6) is 0. The van der Waals surface area contributed by atoms with Crippen LogP contribution in [0.5, 0.6) is 0 Å². The Balaban J connectivity index is 1.15. The number of hydrogen-bond acceptors (Lipinski definition) is 2. The van der Waals surface area contributed by atoms with E-state index in [0.717, 1.165) is 28.1 Å². The third-order valence-corrected chi connectivity index (χ3v) is 14.0. The molecule has 10 aromatic rings. The number of hydrogen-bond donors (Lipinski definition) is 0. The fourth-order valence-electron chi connectivity index (χ4n) is 10.9. The molecule has 0 radical (unpaired) electrons. The fourth-order valence-corrected chi connectivity index (χ4v) is 10.9. The van der Waals surface area contributed by atoms with Gasteiger partial charge < -0.3 is 0 Å². The summed E-state index contributed by atoms with van der Waals surface area (Å²) < 4.78 is 0. The van der Waals surface area contributed by atoms with E-state index in [0.29, 0.717) is 0 Å². The van der Waals surface area contributed by atoms with Crippen LogP contribution in [0.2, 0.25) is 0 Å². The highest BCUT2D eigenvalue weighted by atomic mass is 14.7. The van der Waals surface area contributed by atoms with Gasteiger partial charge in [0.25, 0.3) is 0 Å². The Labute approximate surface area is 363 Å². The van der Waals surface area contributed by atoms with Gasteiger partial charge in [-0.25, -0.2) is 0 Å². The quantitative estimate of drug-likeness (QED) is 0.162. The molecule has 0 aliphatic heterocycles.